The maximum absolute atomic E-state index is 11.8. The molecule has 0 rings (SSSR count). The Morgan fingerprint density at radius 1 is 1.40 bits per heavy atom. The molecule has 0 aromatic rings. The van der Waals surface area contributed by atoms with Crippen LogP contribution in [0.5, 0.6) is 0 Å². The van der Waals surface area contributed by atoms with Crippen LogP contribution in [-0.4, -0.2) is 26.8 Å². The summed E-state index contributed by atoms with van der Waals surface area (Å²) in [5.41, 5.74) is 0.634. The predicted molar refractivity (Wildman–Crippen MR) is 65.1 cm³/mol. The largest absolute Gasteiger partial charge is 0.242 e. The van der Waals surface area contributed by atoms with E-state index in [-0.39, 0.29) is 4.91 Å². The number of hydrogen-bond donors (Lipinski definition) is 0. The molecule has 0 saturated carbocycles. The van der Waals surface area contributed by atoms with Crippen LogP contribution in [0.4, 0.5) is 0 Å². The van der Waals surface area contributed by atoms with Crippen LogP contribution in [-0.2, 0) is 10.0 Å². The number of sulfonamides is 1. The van der Waals surface area contributed by atoms with E-state index in [1.165, 1.54) is 26.2 Å². The average molecular weight is 250 g/mol. The van der Waals surface area contributed by atoms with Gasteiger partial charge in [-0.1, -0.05) is 24.3 Å². The summed E-state index contributed by atoms with van der Waals surface area (Å²) in [6, 6.07) is 0. The van der Waals surface area contributed by atoms with Gasteiger partial charge in [0.05, 0.1) is 4.91 Å². The summed E-state index contributed by atoms with van der Waals surface area (Å²) in [7, 11) is -0.432. The van der Waals surface area contributed by atoms with Crippen molar-refractivity contribution < 1.29 is 8.42 Å². The van der Waals surface area contributed by atoms with E-state index in [9.17, 15) is 8.42 Å². The molecule has 0 bridgehead atoms. The molecule has 0 aliphatic carbocycles. The molecule has 0 heterocycles. The van der Waals surface area contributed by atoms with Crippen molar-refractivity contribution in [2.24, 2.45) is 0 Å². The first-order valence-corrected chi connectivity index (χ1v) is 6.17. The molecule has 0 fully saturated rings. The van der Waals surface area contributed by atoms with Crippen LogP contribution in [0.25, 0.3) is 0 Å². The monoisotopic (exact) mass is 249 g/mol. The lowest BCUT2D eigenvalue weighted by molar-refractivity contribution is 0.529. The summed E-state index contributed by atoms with van der Waals surface area (Å²) < 4.78 is 24.7. The minimum absolute atomic E-state index is 0.215. The highest BCUT2D eigenvalue weighted by atomic mass is 35.5. The van der Waals surface area contributed by atoms with Gasteiger partial charge < -0.3 is 0 Å². The van der Waals surface area contributed by atoms with E-state index < -0.39 is 10.0 Å². The maximum Gasteiger partial charge on any atom is 0.242 e. The van der Waals surface area contributed by atoms with Crippen LogP contribution in [0.3, 0.4) is 0 Å². The molecule has 0 aromatic carbocycles. The van der Waals surface area contributed by atoms with Crippen LogP contribution in [0.1, 0.15) is 13.8 Å². The van der Waals surface area contributed by atoms with Gasteiger partial charge in [0.2, 0.25) is 10.0 Å². The van der Waals surface area contributed by atoms with Gasteiger partial charge in [-0.3, -0.25) is 0 Å². The molecule has 0 spiro atoms. The molecule has 0 N–H and O–H groups in total. The van der Waals surface area contributed by atoms with Crippen molar-refractivity contribution in [3.8, 4) is 0 Å². The average Bonchev–Trinajstić information content (AvgIpc) is 2.12. The van der Waals surface area contributed by atoms with E-state index in [0.717, 1.165) is 4.31 Å². The Morgan fingerprint density at radius 2 is 1.87 bits per heavy atom. The quantitative estimate of drug-likeness (QED) is 0.718. The van der Waals surface area contributed by atoms with Crippen LogP contribution in [0.15, 0.2) is 34.2 Å². The van der Waals surface area contributed by atoms with Crippen molar-refractivity contribution >= 4 is 21.6 Å². The zero-order valence-electron chi connectivity index (χ0n) is 9.41. The number of halogens is 1. The molecule has 0 aliphatic heterocycles. The van der Waals surface area contributed by atoms with Crippen LogP contribution >= 0.6 is 11.6 Å². The molecule has 0 aliphatic rings. The standard InChI is InChI=1S/C10H16ClNO2S/c1-6-10(7-8(2)9(3)11)15(13,14)12(4)5/h6-7H,3H2,1-2,4-5H3/b8-7-,10-6+. The third-order valence-electron chi connectivity index (χ3n) is 1.85. The smallest absolute Gasteiger partial charge is 0.207 e. The molecule has 86 valence electrons. The third-order valence-corrected chi connectivity index (χ3v) is 4.06. The summed E-state index contributed by atoms with van der Waals surface area (Å²) in [4.78, 5) is 0.215. The number of rotatable bonds is 4. The van der Waals surface area contributed by atoms with Gasteiger partial charge in [-0.15, -0.1) is 0 Å². The van der Waals surface area contributed by atoms with Crippen molar-refractivity contribution in [2.45, 2.75) is 13.8 Å². The number of nitrogens with zero attached hydrogens (tertiary/aromatic N) is 1. The van der Waals surface area contributed by atoms with Gasteiger partial charge in [0.15, 0.2) is 0 Å². The van der Waals surface area contributed by atoms with Gasteiger partial charge >= 0.3 is 0 Å². The Bertz CT molecular complexity index is 405. The Kier molecular flexibility index (Phi) is 5.28. The summed E-state index contributed by atoms with van der Waals surface area (Å²) in [6.45, 7) is 6.91. The normalized spacial score (nSPS) is 14.5. The topological polar surface area (TPSA) is 37.4 Å². The highest BCUT2D eigenvalue weighted by molar-refractivity contribution is 7.93. The van der Waals surface area contributed by atoms with E-state index in [1.807, 2.05) is 0 Å². The molecule has 0 radical (unpaired) electrons. The molecule has 0 amide bonds. The highest BCUT2D eigenvalue weighted by Gasteiger charge is 2.17. The van der Waals surface area contributed by atoms with E-state index in [4.69, 9.17) is 11.6 Å². The molecule has 0 saturated heterocycles. The highest BCUT2D eigenvalue weighted by Crippen LogP contribution is 2.18. The van der Waals surface area contributed by atoms with Gasteiger partial charge in [-0.25, -0.2) is 12.7 Å². The minimum Gasteiger partial charge on any atom is -0.207 e. The van der Waals surface area contributed by atoms with Gasteiger partial charge in [0.25, 0.3) is 0 Å². The van der Waals surface area contributed by atoms with E-state index in [2.05, 4.69) is 6.58 Å². The Morgan fingerprint density at radius 3 is 2.13 bits per heavy atom. The molecule has 0 atom stereocenters. The molecule has 0 unspecified atom stereocenters. The molecular formula is C10H16ClNO2S. The Labute approximate surface area is 96.8 Å². The van der Waals surface area contributed by atoms with Gasteiger partial charge in [-0.2, -0.15) is 0 Å². The lowest BCUT2D eigenvalue weighted by Crippen LogP contribution is -2.23. The first kappa shape index (κ1) is 14.4. The van der Waals surface area contributed by atoms with E-state index in [1.54, 1.807) is 13.8 Å². The fraction of sp³-hybridized carbons (Fsp3) is 0.400. The summed E-state index contributed by atoms with van der Waals surface area (Å²) in [5, 5.41) is 0.336. The Balaban J connectivity index is 5.34. The van der Waals surface area contributed by atoms with Crippen molar-refractivity contribution in [1.29, 1.82) is 0 Å². The van der Waals surface area contributed by atoms with Crippen LogP contribution in [0, 0.1) is 0 Å². The second kappa shape index (κ2) is 5.49. The van der Waals surface area contributed by atoms with Crippen molar-refractivity contribution in [3.63, 3.8) is 0 Å². The van der Waals surface area contributed by atoms with Crippen LogP contribution < -0.4 is 0 Å². The van der Waals surface area contributed by atoms with E-state index in [0.29, 0.717) is 10.6 Å². The lowest BCUT2D eigenvalue weighted by Gasteiger charge is -2.12. The number of allylic oxidation sites excluding steroid dienone is 4. The fourth-order valence-electron chi connectivity index (χ4n) is 0.809. The van der Waals surface area contributed by atoms with Crippen molar-refractivity contribution in [1.82, 2.24) is 4.31 Å². The van der Waals surface area contributed by atoms with Gasteiger partial charge in [0.1, 0.15) is 0 Å². The second-order valence-corrected chi connectivity index (χ2v) is 5.82. The third kappa shape index (κ3) is 3.81. The van der Waals surface area contributed by atoms with E-state index >= 15 is 0 Å². The molecule has 3 nitrogen and oxygen atoms in total. The van der Waals surface area contributed by atoms with Crippen molar-refractivity contribution in [2.75, 3.05) is 14.1 Å². The first-order valence-electron chi connectivity index (χ1n) is 4.35. The summed E-state index contributed by atoms with van der Waals surface area (Å²) >= 11 is 5.66. The second-order valence-electron chi connectivity index (χ2n) is 3.21. The summed E-state index contributed by atoms with van der Waals surface area (Å²) in [6.07, 6.45) is 3.03. The van der Waals surface area contributed by atoms with Crippen LogP contribution in [0.2, 0.25) is 0 Å². The van der Waals surface area contributed by atoms with Crippen molar-refractivity contribution in [3.05, 3.63) is 34.2 Å². The molecule has 5 heteroatoms. The summed E-state index contributed by atoms with van der Waals surface area (Å²) in [5.74, 6) is 0. The first-order chi connectivity index (χ1) is 6.73. The minimum atomic E-state index is -3.40. The predicted octanol–water partition coefficient (Wildman–Crippen LogP) is 2.48. The van der Waals surface area contributed by atoms with Gasteiger partial charge in [-0.05, 0) is 25.5 Å². The fourth-order valence-corrected chi connectivity index (χ4v) is 1.91. The zero-order chi connectivity index (χ0) is 12.2. The number of hydrogen-bond acceptors (Lipinski definition) is 2. The van der Waals surface area contributed by atoms with Gasteiger partial charge in [0, 0.05) is 19.1 Å². The zero-order valence-corrected chi connectivity index (χ0v) is 11.0. The molecule has 15 heavy (non-hydrogen) atoms. The molecular weight excluding hydrogens is 234 g/mol. The molecule has 0 aromatic heterocycles. The maximum atomic E-state index is 11.8. The SMILES string of the molecule is C=C(Cl)/C(C)=C\C(=C/C)S(=O)(=O)N(C)C. The Hall–Kier alpha value is -0.580. The lowest BCUT2D eigenvalue weighted by atomic mass is 10.2.